The number of aromatic nitrogens is 2. The van der Waals surface area contributed by atoms with Crippen molar-refractivity contribution in [2.75, 3.05) is 45.2 Å². The third-order valence-corrected chi connectivity index (χ3v) is 6.37. The Bertz CT molecular complexity index is 882. The number of hydrogen-bond acceptors (Lipinski definition) is 6. The molecule has 1 aromatic carbocycles. The van der Waals surface area contributed by atoms with Crippen LogP contribution in [0, 0.1) is 0 Å². The number of quaternary nitrogens is 1. The normalized spacial score (nSPS) is 17.2. The number of ether oxygens (including phenoxy) is 1. The smallest absolute Gasteiger partial charge is 0.251 e. The second-order valence-corrected chi connectivity index (χ2v) is 9.06. The van der Waals surface area contributed by atoms with Crippen LogP contribution in [0.3, 0.4) is 0 Å². The lowest BCUT2D eigenvalue weighted by Crippen LogP contribution is -3.12. The molecule has 2 heterocycles. The van der Waals surface area contributed by atoms with Crippen LogP contribution >= 0.6 is 11.8 Å². The Hall–Kier alpha value is -2.16. The number of piperazine rings is 1. The van der Waals surface area contributed by atoms with Crippen LogP contribution in [0.1, 0.15) is 34.5 Å². The molecule has 1 aliphatic heterocycles. The minimum absolute atomic E-state index is 0.0159. The van der Waals surface area contributed by atoms with Gasteiger partial charge in [-0.3, -0.25) is 4.79 Å². The maximum absolute atomic E-state index is 12.3. The predicted molar refractivity (Wildman–Crippen MR) is 118 cm³/mol. The maximum Gasteiger partial charge on any atom is 0.251 e. The van der Waals surface area contributed by atoms with Gasteiger partial charge in [0, 0.05) is 30.5 Å². The van der Waals surface area contributed by atoms with E-state index in [4.69, 9.17) is 9.72 Å². The Morgan fingerprint density at radius 1 is 1.27 bits per heavy atom. The first kappa shape index (κ1) is 21.1. The standard InChI is InChI=1S/C22H29N5O2S/c1-26-8-10-27(11-9-26)20-13-19(14-29-2)24-22(25-20)30-15-16-4-3-5-17(12-16)21(28)23-18-6-7-18/h3-5,12-13,18H,6-11,14-15H2,1-2H3,(H,23,28)/p+1. The molecule has 4 rings (SSSR count). The number of hydrogen-bond donors (Lipinski definition) is 2. The summed E-state index contributed by atoms with van der Waals surface area (Å²) < 4.78 is 5.32. The van der Waals surface area contributed by atoms with Crippen LogP contribution in [0.5, 0.6) is 0 Å². The molecule has 0 radical (unpaired) electrons. The zero-order valence-corrected chi connectivity index (χ0v) is 18.5. The van der Waals surface area contributed by atoms with Gasteiger partial charge in [-0.2, -0.15) is 0 Å². The van der Waals surface area contributed by atoms with E-state index in [2.05, 4.69) is 22.2 Å². The zero-order valence-electron chi connectivity index (χ0n) is 17.7. The van der Waals surface area contributed by atoms with Crippen molar-refractivity contribution in [3.05, 3.63) is 47.2 Å². The molecule has 0 atom stereocenters. The van der Waals surface area contributed by atoms with Gasteiger partial charge in [-0.25, -0.2) is 9.97 Å². The molecule has 2 aromatic rings. The Kier molecular flexibility index (Phi) is 6.86. The number of likely N-dealkylation sites (N-methyl/N-ethyl adjacent to an activating group) is 1. The molecular weight excluding hydrogens is 398 g/mol. The van der Waals surface area contributed by atoms with Gasteiger partial charge in [0.1, 0.15) is 5.82 Å². The molecule has 1 aromatic heterocycles. The third-order valence-electron chi connectivity index (χ3n) is 5.45. The molecule has 30 heavy (non-hydrogen) atoms. The van der Waals surface area contributed by atoms with E-state index in [0.717, 1.165) is 66.8 Å². The van der Waals surface area contributed by atoms with Gasteiger partial charge in [0.15, 0.2) is 5.16 Å². The first-order valence-corrected chi connectivity index (χ1v) is 11.5. The quantitative estimate of drug-likeness (QED) is 0.485. The number of anilines is 1. The Labute approximate surface area is 182 Å². The van der Waals surface area contributed by atoms with Crippen LogP contribution < -0.4 is 15.1 Å². The summed E-state index contributed by atoms with van der Waals surface area (Å²) in [6.45, 7) is 4.69. The summed E-state index contributed by atoms with van der Waals surface area (Å²) in [6, 6.07) is 10.2. The average molecular weight is 429 g/mol. The summed E-state index contributed by atoms with van der Waals surface area (Å²) in [5, 5.41) is 3.80. The topological polar surface area (TPSA) is 71.8 Å². The number of nitrogens with one attached hydrogen (secondary N) is 2. The highest BCUT2D eigenvalue weighted by molar-refractivity contribution is 7.98. The van der Waals surface area contributed by atoms with Crippen LogP contribution in [0.2, 0.25) is 0 Å². The van der Waals surface area contributed by atoms with Gasteiger partial charge in [-0.05, 0) is 30.5 Å². The van der Waals surface area contributed by atoms with Crippen LogP contribution in [0.25, 0.3) is 0 Å². The van der Waals surface area contributed by atoms with Crippen LogP contribution in [0.4, 0.5) is 5.82 Å². The van der Waals surface area contributed by atoms with Gasteiger partial charge in [0.25, 0.3) is 5.91 Å². The SMILES string of the molecule is COCc1cc(N2CC[NH+](C)CC2)nc(SCc2cccc(C(=O)NC3CC3)c2)n1. The van der Waals surface area contributed by atoms with Gasteiger partial charge >= 0.3 is 0 Å². The molecule has 0 spiro atoms. The van der Waals surface area contributed by atoms with Crippen LogP contribution in [-0.2, 0) is 17.1 Å². The van der Waals surface area contributed by atoms with Crippen LogP contribution in [0.15, 0.2) is 35.5 Å². The van der Waals surface area contributed by atoms with Gasteiger partial charge < -0.3 is 19.9 Å². The van der Waals surface area contributed by atoms with E-state index in [0.29, 0.717) is 18.4 Å². The molecule has 1 aliphatic carbocycles. The number of carbonyl (C=O) groups excluding carboxylic acids is 1. The summed E-state index contributed by atoms with van der Waals surface area (Å²) in [4.78, 5) is 25.7. The van der Waals surface area contributed by atoms with E-state index < -0.39 is 0 Å². The molecule has 1 saturated heterocycles. The summed E-state index contributed by atoms with van der Waals surface area (Å²) in [7, 11) is 3.92. The Balaban J connectivity index is 1.45. The lowest BCUT2D eigenvalue weighted by Gasteiger charge is -2.31. The van der Waals surface area contributed by atoms with Crippen molar-refractivity contribution in [2.45, 2.75) is 36.4 Å². The molecule has 2 fully saturated rings. The monoisotopic (exact) mass is 428 g/mol. The first-order valence-electron chi connectivity index (χ1n) is 10.6. The molecule has 2 N–H and O–H groups in total. The highest BCUT2D eigenvalue weighted by atomic mass is 32.2. The number of rotatable bonds is 8. The van der Waals surface area contributed by atoms with Gasteiger partial charge in [-0.1, -0.05) is 23.9 Å². The fourth-order valence-corrected chi connectivity index (χ4v) is 4.29. The zero-order chi connectivity index (χ0) is 20.9. The third kappa shape index (κ3) is 5.71. The van der Waals surface area contributed by atoms with Crippen molar-refractivity contribution in [1.82, 2.24) is 15.3 Å². The van der Waals surface area contributed by atoms with Gasteiger partial charge in [0.2, 0.25) is 0 Å². The molecule has 160 valence electrons. The number of nitrogens with zero attached hydrogens (tertiary/aromatic N) is 3. The van der Waals surface area contributed by atoms with Gasteiger partial charge in [0.05, 0.1) is 45.5 Å². The second kappa shape index (κ2) is 9.76. The van der Waals surface area contributed by atoms with Crippen molar-refractivity contribution in [2.24, 2.45) is 0 Å². The van der Waals surface area contributed by atoms with E-state index >= 15 is 0 Å². The number of carbonyl (C=O) groups is 1. The molecule has 7 nitrogen and oxygen atoms in total. The van der Waals surface area contributed by atoms with E-state index in [1.807, 2.05) is 30.3 Å². The van der Waals surface area contributed by atoms with Crippen molar-refractivity contribution in [3.63, 3.8) is 0 Å². The van der Waals surface area contributed by atoms with E-state index in [-0.39, 0.29) is 5.91 Å². The van der Waals surface area contributed by atoms with E-state index in [1.165, 1.54) is 0 Å². The fourth-order valence-electron chi connectivity index (χ4n) is 3.47. The predicted octanol–water partition coefficient (Wildman–Crippen LogP) is 1.14. The van der Waals surface area contributed by atoms with E-state index in [9.17, 15) is 4.79 Å². The molecule has 2 aliphatic rings. The summed E-state index contributed by atoms with van der Waals surface area (Å²) in [5.74, 6) is 1.71. The molecular formula is C22H30N5O2S+. The largest absolute Gasteiger partial charge is 0.378 e. The summed E-state index contributed by atoms with van der Waals surface area (Å²) in [6.07, 6.45) is 2.18. The molecule has 8 heteroatoms. The van der Waals surface area contributed by atoms with E-state index in [1.54, 1.807) is 23.8 Å². The number of amides is 1. The molecule has 0 bridgehead atoms. The highest BCUT2D eigenvalue weighted by Gasteiger charge is 2.24. The molecule has 0 unspecified atom stereocenters. The molecule has 1 amide bonds. The average Bonchev–Trinajstić information content (AvgIpc) is 3.57. The van der Waals surface area contributed by atoms with Crippen molar-refractivity contribution >= 4 is 23.5 Å². The summed E-state index contributed by atoms with van der Waals surface area (Å²) >= 11 is 1.60. The number of benzene rings is 1. The molecule has 1 saturated carbocycles. The maximum atomic E-state index is 12.3. The lowest BCUT2D eigenvalue weighted by atomic mass is 10.1. The Morgan fingerprint density at radius 3 is 2.80 bits per heavy atom. The minimum atomic E-state index is 0.0159. The fraction of sp³-hybridized carbons (Fsp3) is 0.500. The first-order chi connectivity index (χ1) is 14.6. The minimum Gasteiger partial charge on any atom is -0.378 e. The van der Waals surface area contributed by atoms with Crippen molar-refractivity contribution < 1.29 is 14.4 Å². The number of methoxy groups -OCH3 is 1. The number of thioether (sulfide) groups is 1. The lowest BCUT2D eigenvalue weighted by molar-refractivity contribution is -0.880. The van der Waals surface area contributed by atoms with Crippen molar-refractivity contribution in [3.8, 4) is 0 Å². The van der Waals surface area contributed by atoms with Crippen molar-refractivity contribution in [1.29, 1.82) is 0 Å². The highest BCUT2D eigenvalue weighted by Crippen LogP contribution is 2.24. The summed E-state index contributed by atoms with van der Waals surface area (Å²) in [5.41, 5.74) is 2.71. The second-order valence-electron chi connectivity index (χ2n) is 8.11. The van der Waals surface area contributed by atoms with Crippen LogP contribution in [-0.4, -0.2) is 62.3 Å². The van der Waals surface area contributed by atoms with Gasteiger partial charge in [-0.15, -0.1) is 0 Å². The Morgan fingerprint density at radius 2 is 2.07 bits per heavy atom.